The van der Waals surface area contributed by atoms with Crippen molar-refractivity contribution in [3.8, 4) is 17.2 Å². The lowest BCUT2D eigenvalue weighted by Crippen LogP contribution is -2.39. The highest BCUT2D eigenvalue weighted by molar-refractivity contribution is 7.92. The van der Waals surface area contributed by atoms with Crippen LogP contribution in [0.4, 0.5) is 11.4 Å². The van der Waals surface area contributed by atoms with Gasteiger partial charge in [-0.05, 0) is 92.2 Å². The Hall–Kier alpha value is -5.36. The summed E-state index contributed by atoms with van der Waals surface area (Å²) in [6.07, 6.45) is 1.41. The fourth-order valence-electron chi connectivity index (χ4n) is 4.11. The van der Waals surface area contributed by atoms with Gasteiger partial charge in [0, 0.05) is 0 Å². The Labute approximate surface area is 262 Å². The molecule has 0 saturated carbocycles. The summed E-state index contributed by atoms with van der Waals surface area (Å²) in [7, 11) is -2.55. The molecular formula is C33H34N4O7S. The van der Waals surface area contributed by atoms with Crippen molar-refractivity contribution in [2.24, 2.45) is 5.10 Å². The number of anilines is 2. The summed E-state index contributed by atoms with van der Waals surface area (Å²) in [6, 6.07) is 26.6. The van der Waals surface area contributed by atoms with Gasteiger partial charge in [0.2, 0.25) is 0 Å². The SMILES string of the molecule is CCOc1ccc(N(CC(=O)N/N=C\c2ccc(OCC(=O)Nc3ccccc3OC)cc2)S(=O)(=O)c2ccc(C)cc2)cc1. The zero-order chi connectivity index (χ0) is 32.2. The number of carbonyl (C=O) groups is 2. The number of hydrogen-bond donors (Lipinski definition) is 2. The summed E-state index contributed by atoms with van der Waals surface area (Å²) >= 11 is 0. The van der Waals surface area contributed by atoms with Crippen LogP contribution in [0, 0.1) is 6.92 Å². The van der Waals surface area contributed by atoms with Gasteiger partial charge < -0.3 is 19.5 Å². The molecule has 0 aromatic heterocycles. The summed E-state index contributed by atoms with van der Waals surface area (Å²) in [4.78, 5) is 25.2. The van der Waals surface area contributed by atoms with Crippen molar-refractivity contribution in [3.05, 3.63) is 108 Å². The number of nitrogens with one attached hydrogen (secondary N) is 2. The van der Waals surface area contributed by atoms with Crippen LogP contribution in [0.1, 0.15) is 18.1 Å². The second-order valence-corrected chi connectivity index (χ2v) is 11.5. The maximum Gasteiger partial charge on any atom is 0.264 e. The Bertz CT molecular complexity index is 1720. The lowest BCUT2D eigenvalue weighted by molar-refractivity contribution is -0.119. The molecule has 234 valence electrons. The Balaban J connectivity index is 1.36. The minimum atomic E-state index is -4.07. The first-order valence-corrected chi connectivity index (χ1v) is 15.4. The normalized spacial score (nSPS) is 11.1. The average Bonchev–Trinajstić information content (AvgIpc) is 3.04. The number of amides is 2. The quantitative estimate of drug-likeness (QED) is 0.151. The number of benzene rings is 4. The molecule has 12 heteroatoms. The van der Waals surface area contributed by atoms with Crippen LogP contribution in [0.2, 0.25) is 0 Å². The minimum absolute atomic E-state index is 0.0536. The van der Waals surface area contributed by atoms with Crippen LogP contribution in [-0.4, -0.2) is 53.3 Å². The number of aryl methyl sites for hydroxylation is 1. The maximum atomic E-state index is 13.6. The van der Waals surface area contributed by atoms with E-state index in [1.54, 1.807) is 84.9 Å². The molecule has 2 N–H and O–H groups in total. The second-order valence-electron chi connectivity index (χ2n) is 9.65. The maximum absolute atomic E-state index is 13.6. The largest absolute Gasteiger partial charge is 0.495 e. The fourth-order valence-corrected chi connectivity index (χ4v) is 5.53. The van der Waals surface area contributed by atoms with Crippen molar-refractivity contribution in [2.75, 3.05) is 36.5 Å². The first-order valence-electron chi connectivity index (χ1n) is 14.0. The van der Waals surface area contributed by atoms with Gasteiger partial charge in [0.1, 0.15) is 23.8 Å². The molecule has 0 saturated heterocycles. The zero-order valence-corrected chi connectivity index (χ0v) is 25.9. The number of para-hydroxylation sites is 2. The summed E-state index contributed by atoms with van der Waals surface area (Å²) in [5, 5.41) is 6.71. The van der Waals surface area contributed by atoms with E-state index in [1.165, 1.54) is 25.5 Å². The van der Waals surface area contributed by atoms with Crippen LogP contribution < -0.4 is 29.3 Å². The number of nitrogens with zero attached hydrogens (tertiary/aromatic N) is 2. The van der Waals surface area contributed by atoms with Gasteiger partial charge in [-0.25, -0.2) is 13.8 Å². The Kier molecular flexibility index (Phi) is 11.1. The lowest BCUT2D eigenvalue weighted by Gasteiger charge is -2.24. The van der Waals surface area contributed by atoms with Crippen LogP contribution in [0.5, 0.6) is 17.2 Å². The van der Waals surface area contributed by atoms with Crippen LogP contribution in [-0.2, 0) is 19.6 Å². The zero-order valence-electron chi connectivity index (χ0n) is 25.1. The highest BCUT2D eigenvalue weighted by Crippen LogP contribution is 2.26. The van der Waals surface area contributed by atoms with Crippen molar-refractivity contribution in [3.63, 3.8) is 0 Å². The van der Waals surface area contributed by atoms with Crippen LogP contribution in [0.15, 0.2) is 107 Å². The predicted octanol–water partition coefficient (Wildman–Crippen LogP) is 4.77. The molecular weight excluding hydrogens is 596 g/mol. The standard InChI is InChI=1S/C33H34N4O7S/c1-4-43-27-17-13-26(14-18-27)37(45(40,41)29-19-9-24(2)10-20-29)22-32(38)36-34-21-25-11-15-28(16-12-25)44-23-33(39)35-30-7-5-6-8-31(30)42-3/h5-21H,4,22-23H2,1-3H3,(H,35,39)(H,36,38)/b34-21-. The van der Waals surface area contributed by atoms with E-state index in [0.29, 0.717) is 40.8 Å². The van der Waals surface area contributed by atoms with Gasteiger partial charge in [-0.15, -0.1) is 0 Å². The van der Waals surface area contributed by atoms with E-state index in [2.05, 4.69) is 15.8 Å². The molecule has 0 bridgehead atoms. The molecule has 11 nitrogen and oxygen atoms in total. The average molecular weight is 631 g/mol. The smallest absolute Gasteiger partial charge is 0.264 e. The monoisotopic (exact) mass is 630 g/mol. The third-order valence-corrected chi connectivity index (χ3v) is 8.15. The molecule has 0 aliphatic rings. The number of rotatable bonds is 14. The molecule has 4 rings (SSSR count). The fraction of sp³-hybridized carbons (Fsp3) is 0.182. The van der Waals surface area contributed by atoms with Crippen LogP contribution in [0.25, 0.3) is 0 Å². The van der Waals surface area contributed by atoms with Gasteiger partial charge in [0.25, 0.3) is 21.8 Å². The Morgan fingerprint density at radius 2 is 1.49 bits per heavy atom. The third-order valence-electron chi connectivity index (χ3n) is 6.37. The van der Waals surface area contributed by atoms with Gasteiger partial charge in [-0.2, -0.15) is 5.10 Å². The van der Waals surface area contributed by atoms with Crippen molar-refractivity contribution in [2.45, 2.75) is 18.7 Å². The number of ether oxygens (including phenoxy) is 3. The number of methoxy groups -OCH3 is 1. The predicted molar refractivity (Wildman–Crippen MR) is 173 cm³/mol. The molecule has 4 aromatic carbocycles. The van der Waals surface area contributed by atoms with Gasteiger partial charge in [0.05, 0.1) is 36.2 Å². The van der Waals surface area contributed by atoms with Crippen LogP contribution in [0.3, 0.4) is 0 Å². The lowest BCUT2D eigenvalue weighted by atomic mass is 10.2. The Morgan fingerprint density at radius 1 is 0.844 bits per heavy atom. The molecule has 4 aromatic rings. The second kappa shape index (κ2) is 15.4. The van der Waals surface area contributed by atoms with Crippen molar-refractivity contribution < 1.29 is 32.2 Å². The number of hydrazone groups is 1. The van der Waals surface area contributed by atoms with Gasteiger partial charge in [-0.1, -0.05) is 29.8 Å². The van der Waals surface area contributed by atoms with E-state index in [0.717, 1.165) is 9.87 Å². The Morgan fingerprint density at radius 3 is 2.16 bits per heavy atom. The van der Waals surface area contributed by atoms with E-state index < -0.39 is 22.5 Å². The van der Waals surface area contributed by atoms with Crippen LogP contribution >= 0.6 is 0 Å². The third kappa shape index (κ3) is 9.07. The van der Waals surface area contributed by atoms with Gasteiger partial charge >= 0.3 is 0 Å². The molecule has 0 heterocycles. The van der Waals surface area contributed by atoms with Crippen molar-refractivity contribution in [1.82, 2.24) is 5.43 Å². The highest BCUT2D eigenvalue weighted by atomic mass is 32.2. The molecule has 0 aliphatic heterocycles. The van der Waals surface area contributed by atoms with Crippen molar-refractivity contribution >= 4 is 39.4 Å². The van der Waals surface area contributed by atoms with Gasteiger partial charge in [0.15, 0.2) is 6.61 Å². The number of carbonyl (C=O) groups excluding carboxylic acids is 2. The molecule has 0 atom stereocenters. The van der Waals surface area contributed by atoms with E-state index in [9.17, 15) is 18.0 Å². The van der Waals surface area contributed by atoms with Gasteiger partial charge in [-0.3, -0.25) is 13.9 Å². The molecule has 0 radical (unpaired) electrons. The highest BCUT2D eigenvalue weighted by Gasteiger charge is 2.27. The van der Waals surface area contributed by atoms with E-state index in [1.807, 2.05) is 13.8 Å². The van der Waals surface area contributed by atoms with E-state index in [-0.39, 0.29) is 17.4 Å². The molecule has 0 spiro atoms. The molecule has 2 amide bonds. The summed E-state index contributed by atoms with van der Waals surface area (Å²) < 4.78 is 44.4. The van der Waals surface area contributed by atoms with Crippen molar-refractivity contribution in [1.29, 1.82) is 0 Å². The summed E-state index contributed by atoms with van der Waals surface area (Å²) in [5.41, 5.74) is 4.77. The topological polar surface area (TPSA) is 136 Å². The summed E-state index contributed by atoms with van der Waals surface area (Å²) in [5.74, 6) is 0.584. The van der Waals surface area contributed by atoms with E-state index >= 15 is 0 Å². The van der Waals surface area contributed by atoms with E-state index in [4.69, 9.17) is 14.2 Å². The number of sulfonamides is 1. The molecule has 0 unspecified atom stereocenters. The first-order chi connectivity index (χ1) is 21.7. The molecule has 45 heavy (non-hydrogen) atoms. The molecule has 0 aliphatic carbocycles. The summed E-state index contributed by atoms with van der Waals surface area (Å²) in [6.45, 7) is 3.45. The number of hydrogen-bond acceptors (Lipinski definition) is 8. The first kappa shape index (κ1) is 32.6. The minimum Gasteiger partial charge on any atom is -0.495 e. The molecule has 0 fully saturated rings.